The molecule has 0 aliphatic carbocycles. The number of hydrogen-bond acceptors (Lipinski definition) is 6. The number of carbonyl (C=O) groups is 3. The maximum atomic E-state index is 11.3. The van der Waals surface area contributed by atoms with Crippen molar-refractivity contribution in [1.82, 2.24) is 31.3 Å². The van der Waals surface area contributed by atoms with Crippen LogP contribution in [0.2, 0.25) is 0 Å². The second-order valence-electron chi connectivity index (χ2n) is 3.22. The van der Waals surface area contributed by atoms with Crippen LogP contribution in [-0.2, 0) is 16.1 Å². The SMILES string of the molecule is NC(=O)C[C@H](NC(=O)NCc1nn[nH]n1)C(=O)O. The Balaban J connectivity index is 2.41. The average Bonchev–Trinajstić information content (AvgIpc) is 2.77. The molecule has 0 unspecified atom stereocenters. The number of hydrogen-bond donors (Lipinski definition) is 5. The first kappa shape index (κ1) is 13.3. The van der Waals surface area contributed by atoms with Crippen molar-refractivity contribution in [2.45, 2.75) is 19.0 Å². The van der Waals surface area contributed by atoms with Gasteiger partial charge in [-0.25, -0.2) is 9.59 Å². The summed E-state index contributed by atoms with van der Waals surface area (Å²) in [6, 6.07) is -2.17. The Morgan fingerprint density at radius 1 is 1.44 bits per heavy atom. The zero-order valence-corrected chi connectivity index (χ0v) is 9.08. The van der Waals surface area contributed by atoms with Gasteiger partial charge in [0, 0.05) is 0 Å². The second kappa shape index (κ2) is 6.12. The van der Waals surface area contributed by atoms with Crippen molar-refractivity contribution < 1.29 is 19.5 Å². The zero-order valence-electron chi connectivity index (χ0n) is 9.08. The molecule has 18 heavy (non-hydrogen) atoms. The minimum absolute atomic E-state index is 0.0365. The quantitative estimate of drug-likeness (QED) is 0.369. The molecule has 1 heterocycles. The molecule has 1 aromatic rings. The number of carboxylic acids is 1. The summed E-state index contributed by atoms with van der Waals surface area (Å²) in [6.07, 6.45) is -0.495. The molecule has 1 atom stereocenters. The van der Waals surface area contributed by atoms with Crippen LogP contribution in [0.15, 0.2) is 0 Å². The fourth-order valence-corrected chi connectivity index (χ4v) is 1.03. The number of rotatable bonds is 6. The van der Waals surface area contributed by atoms with Crippen LogP contribution in [0.3, 0.4) is 0 Å². The molecule has 11 nitrogen and oxygen atoms in total. The van der Waals surface area contributed by atoms with Crippen LogP contribution in [0.1, 0.15) is 12.2 Å². The lowest BCUT2D eigenvalue weighted by Gasteiger charge is -2.12. The van der Waals surface area contributed by atoms with Gasteiger partial charge in [-0.3, -0.25) is 4.79 Å². The normalized spacial score (nSPS) is 11.6. The molecule has 0 saturated carbocycles. The first-order valence-electron chi connectivity index (χ1n) is 4.77. The maximum absolute atomic E-state index is 11.3. The van der Waals surface area contributed by atoms with Gasteiger partial charge in [-0.05, 0) is 0 Å². The summed E-state index contributed by atoms with van der Waals surface area (Å²) in [7, 11) is 0. The van der Waals surface area contributed by atoms with Gasteiger partial charge in [0.2, 0.25) is 5.91 Å². The van der Waals surface area contributed by atoms with Gasteiger partial charge in [-0.2, -0.15) is 5.21 Å². The van der Waals surface area contributed by atoms with E-state index in [2.05, 4.69) is 31.3 Å². The van der Waals surface area contributed by atoms with Crippen molar-refractivity contribution in [3.63, 3.8) is 0 Å². The molecule has 0 fully saturated rings. The molecule has 3 amide bonds. The number of nitrogens with one attached hydrogen (secondary N) is 3. The number of nitrogens with zero attached hydrogens (tertiary/aromatic N) is 3. The number of amides is 3. The van der Waals surface area contributed by atoms with Crippen LogP contribution < -0.4 is 16.4 Å². The molecule has 98 valence electrons. The van der Waals surface area contributed by atoms with Crippen molar-refractivity contribution in [1.29, 1.82) is 0 Å². The highest BCUT2D eigenvalue weighted by Crippen LogP contribution is 1.92. The maximum Gasteiger partial charge on any atom is 0.326 e. The largest absolute Gasteiger partial charge is 0.480 e. The highest BCUT2D eigenvalue weighted by atomic mass is 16.4. The number of tetrazole rings is 1. The van der Waals surface area contributed by atoms with Gasteiger partial charge in [0.05, 0.1) is 13.0 Å². The smallest absolute Gasteiger partial charge is 0.326 e. The number of carbonyl (C=O) groups excluding carboxylic acids is 2. The van der Waals surface area contributed by atoms with E-state index in [1.807, 2.05) is 0 Å². The third kappa shape index (κ3) is 4.42. The first-order valence-corrected chi connectivity index (χ1v) is 4.77. The lowest BCUT2D eigenvalue weighted by atomic mass is 10.2. The number of urea groups is 1. The number of aromatic nitrogens is 4. The molecule has 0 saturated heterocycles. The van der Waals surface area contributed by atoms with Crippen LogP contribution in [-0.4, -0.2) is 49.7 Å². The minimum Gasteiger partial charge on any atom is -0.480 e. The van der Waals surface area contributed by atoms with E-state index in [0.29, 0.717) is 0 Å². The van der Waals surface area contributed by atoms with Crippen LogP contribution in [0, 0.1) is 0 Å². The topological polar surface area (TPSA) is 176 Å². The third-order valence-electron chi connectivity index (χ3n) is 1.80. The number of nitrogens with two attached hydrogens (primary N) is 1. The molecule has 0 spiro atoms. The Morgan fingerprint density at radius 3 is 2.67 bits per heavy atom. The highest BCUT2D eigenvalue weighted by Gasteiger charge is 2.21. The van der Waals surface area contributed by atoms with E-state index in [1.54, 1.807) is 0 Å². The molecule has 6 N–H and O–H groups in total. The molecule has 0 radical (unpaired) electrons. The van der Waals surface area contributed by atoms with Crippen LogP contribution in [0.5, 0.6) is 0 Å². The van der Waals surface area contributed by atoms with E-state index < -0.39 is 30.4 Å². The standard InChI is InChI=1S/C7H11N7O4/c8-4(15)1-3(6(16)17)10-7(18)9-2-5-11-13-14-12-5/h3H,1-2H2,(H2,8,15)(H,16,17)(H2,9,10,18)(H,11,12,13,14)/t3-/m0/s1. The van der Waals surface area contributed by atoms with Crippen LogP contribution in [0.25, 0.3) is 0 Å². The summed E-state index contributed by atoms with van der Waals surface area (Å²) in [5.41, 5.74) is 4.85. The van der Waals surface area contributed by atoms with E-state index in [4.69, 9.17) is 10.8 Å². The van der Waals surface area contributed by atoms with Crippen molar-refractivity contribution >= 4 is 17.9 Å². The molecular formula is C7H11N7O4. The van der Waals surface area contributed by atoms with E-state index in [0.717, 1.165) is 0 Å². The Kier molecular flexibility index (Phi) is 4.54. The van der Waals surface area contributed by atoms with Crippen molar-refractivity contribution in [3.05, 3.63) is 5.82 Å². The van der Waals surface area contributed by atoms with E-state index in [9.17, 15) is 14.4 Å². The summed E-state index contributed by atoms with van der Waals surface area (Å²) in [5.74, 6) is -1.96. The predicted molar refractivity (Wildman–Crippen MR) is 54.8 cm³/mol. The minimum atomic E-state index is -1.38. The molecule has 0 aliphatic heterocycles. The Labute approximate surface area is 100 Å². The Morgan fingerprint density at radius 2 is 2.17 bits per heavy atom. The van der Waals surface area contributed by atoms with Crippen molar-refractivity contribution in [3.8, 4) is 0 Å². The fraction of sp³-hybridized carbons (Fsp3) is 0.429. The van der Waals surface area contributed by atoms with Crippen LogP contribution >= 0.6 is 0 Å². The van der Waals surface area contributed by atoms with Crippen molar-refractivity contribution in [2.75, 3.05) is 0 Å². The van der Waals surface area contributed by atoms with Gasteiger partial charge >= 0.3 is 12.0 Å². The van der Waals surface area contributed by atoms with Gasteiger partial charge in [0.1, 0.15) is 6.04 Å². The molecule has 0 aliphatic rings. The third-order valence-corrected chi connectivity index (χ3v) is 1.80. The van der Waals surface area contributed by atoms with Gasteiger partial charge < -0.3 is 21.5 Å². The number of carboxylic acid groups (broad SMARTS) is 1. The number of primary amides is 1. The number of aromatic amines is 1. The molecule has 0 aromatic carbocycles. The lowest BCUT2D eigenvalue weighted by Crippen LogP contribution is -2.47. The van der Waals surface area contributed by atoms with Crippen LogP contribution in [0.4, 0.5) is 4.79 Å². The van der Waals surface area contributed by atoms with Gasteiger partial charge in [0.15, 0.2) is 5.82 Å². The zero-order chi connectivity index (χ0) is 13.5. The summed E-state index contributed by atoms with van der Waals surface area (Å²) in [5, 5.41) is 25.7. The molecular weight excluding hydrogens is 246 g/mol. The van der Waals surface area contributed by atoms with E-state index in [1.165, 1.54) is 0 Å². The summed E-state index contributed by atoms with van der Waals surface area (Å²) in [4.78, 5) is 32.6. The monoisotopic (exact) mass is 257 g/mol. The Hall–Kier alpha value is -2.72. The molecule has 1 rings (SSSR count). The Bertz CT molecular complexity index is 431. The first-order chi connectivity index (χ1) is 8.49. The van der Waals surface area contributed by atoms with Gasteiger partial charge in [-0.1, -0.05) is 5.21 Å². The van der Waals surface area contributed by atoms with Gasteiger partial charge in [-0.15, -0.1) is 10.2 Å². The lowest BCUT2D eigenvalue weighted by molar-refractivity contribution is -0.140. The van der Waals surface area contributed by atoms with Crippen molar-refractivity contribution in [2.24, 2.45) is 5.73 Å². The molecule has 0 bridgehead atoms. The van der Waals surface area contributed by atoms with E-state index in [-0.39, 0.29) is 12.4 Å². The van der Waals surface area contributed by atoms with Gasteiger partial charge in [0.25, 0.3) is 0 Å². The second-order valence-corrected chi connectivity index (χ2v) is 3.22. The highest BCUT2D eigenvalue weighted by molar-refractivity contribution is 5.87. The summed E-state index contributed by atoms with van der Waals surface area (Å²) in [6.45, 7) is -0.0365. The number of aliphatic carboxylic acids is 1. The summed E-state index contributed by atoms with van der Waals surface area (Å²) < 4.78 is 0. The number of H-pyrrole nitrogens is 1. The molecule has 11 heteroatoms. The molecule has 1 aromatic heterocycles. The average molecular weight is 257 g/mol. The van der Waals surface area contributed by atoms with E-state index >= 15 is 0 Å². The fourth-order valence-electron chi connectivity index (χ4n) is 1.03. The predicted octanol–water partition coefficient (Wildman–Crippen LogP) is -2.67. The summed E-state index contributed by atoms with van der Waals surface area (Å²) >= 11 is 0.